The van der Waals surface area contributed by atoms with Gasteiger partial charge in [-0.05, 0) is 31.1 Å². The first-order chi connectivity index (χ1) is 7.78. The van der Waals surface area contributed by atoms with Crippen molar-refractivity contribution in [3.05, 3.63) is 18.3 Å². The van der Waals surface area contributed by atoms with Crippen molar-refractivity contribution in [2.75, 3.05) is 16.8 Å². The van der Waals surface area contributed by atoms with Crippen LogP contribution in [0.1, 0.15) is 26.2 Å². The third-order valence-electron chi connectivity index (χ3n) is 2.94. The molecule has 1 aliphatic rings. The van der Waals surface area contributed by atoms with Crippen molar-refractivity contribution in [2.24, 2.45) is 0 Å². The number of nitrogens with one attached hydrogen (secondary N) is 1. The summed E-state index contributed by atoms with van der Waals surface area (Å²) in [4.78, 5) is 3.99. The second kappa shape index (κ2) is 5.43. The van der Waals surface area contributed by atoms with E-state index in [4.69, 9.17) is 5.73 Å². The molecule has 1 aliphatic carbocycles. The van der Waals surface area contributed by atoms with Crippen LogP contribution in [0.2, 0.25) is 0 Å². The van der Waals surface area contributed by atoms with Crippen LogP contribution < -0.4 is 11.1 Å². The van der Waals surface area contributed by atoms with Gasteiger partial charge in [0.05, 0.1) is 0 Å². The van der Waals surface area contributed by atoms with Crippen molar-refractivity contribution in [3.8, 4) is 0 Å². The van der Waals surface area contributed by atoms with Crippen LogP contribution in [0.4, 0.5) is 11.5 Å². The molecular weight excluding hydrogens is 218 g/mol. The minimum atomic E-state index is 0.586. The van der Waals surface area contributed by atoms with E-state index in [1.165, 1.54) is 25.0 Å². The van der Waals surface area contributed by atoms with E-state index in [1.54, 1.807) is 6.20 Å². The van der Waals surface area contributed by atoms with E-state index in [1.807, 2.05) is 12.1 Å². The highest BCUT2D eigenvalue weighted by atomic mass is 32.2. The van der Waals surface area contributed by atoms with Gasteiger partial charge in [0.1, 0.15) is 5.82 Å². The molecular formula is C12H19N3S. The number of nitrogens with two attached hydrogens (primary N) is 1. The van der Waals surface area contributed by atoms with Crippen LogP contribution in [0.25, 0.3) is 0 Å². The van der Waals surface area contributed by atoms with E-state index in [9.17, 15) is 0 Å². The highest BCUT2D eigenvalue weighted by Crippen LogP contribution is 2.31. The van der Waals surface area contributed by atoms with Crippen molar-refractivity contribution in [1.82, 2.24) is 4.98 Å². The zero-order valence-corrected chi connectivity index (χ0v) is 10.5. The largest absolute Gasteiger partial charge is 0.384 e. The Labute approximate surface area is 101 Å². The van der Waals surface area contributed by atoms with Crippen LogP contribution in [0.15, 0.2) is 18.3 Å². The van der Waals surface area contributed by atoms with Crippen LogP contribution in [0.5, 0.6) is 0 Å². The topological polar surface area (TPSA) is 50.9 Å². The summed E-state index contributed by atoms with van der Waals surface area (Å²) in [7, 11) is 0. The molecule has 1 aromatic heterocycles. The van der Waals surface area contributed by atoms with Crippen LogP contribution in [0, 0.1) is 0 Å². The maximum absolute atomic E-state index is 5.65. The summed E-state index contributed by atoms with van der Waals surface area (Å²) < 4.78 is 0. The van der Waals surface area contributed by atoms with Crippen LogP contribution in [0.3, 0.4) is 0 Å². The highest BCUT2D eigenvalue weighted by molar-refractivity contribution is 7.99. The second-order valence-corrected chi connectivity index (χ2v) is 5.78. The number of aromatic nitrogens is 1. The lowest BCUT2D eigenvalue weighted by Gasteiger charge is -2.14. The monoisotopic (exact) mass is 237 g/mol. The third-order valence-corrected chi connectivity index (χ3v) is 4.17. The summed E-state index contributed by atoms with van der Waals surface area (Å²) in [6, 6.07) is 4.49. The van der Waals surface area contributed by atoms with Gasteiger partial charge in [-0.3, -0.25) is 0 Å². The van der Waals surface area contributed by atoms with Gasteiger partial charge >= 0.3 is 0 Å². The number of nitrogen functional groups attached to an aromatic ring is 1. The molecule has 0 spiro atoms. The fourth-order valence-corrected chi connectivity index (χ4v) is 3.37. The summed E-state index contributed by atoms with van der Waals surface area (Å²) in [5.41, 5.74) is 6.75. The molecule has 2 atom stereocenters. The number of anilines is 2. The Morgan fingerprint density at radius 3 is 3.19 bits per heavy atom. The molecule has 0 aromatic carbocycles. The third kappa shape index (κ3) is 3.04. The normalized spacial score (nSPS) is 24.6. The van der Waals surface area contributed by atoms with Crippen molar-refractivity contribution in [3.63, 3.8) is 0 Å². The lowest BCUT2D eigenvalue weighted by atomic mass is 10.2. The minimum absolute atomic E-state index is 0.586. The molecule has 2 unspecified atom stereocenters. The van der Waals surface area contributed by atoms with Crippen LogP contribution in [-0.2, 0) is 0 Å². The average Bonchev–Trinajstić information content (AvgIpc) is 2.66. The molecule has 16 heavy (non-hydrogen) atoms. The van der Waals surface area contributed by atoms with E-state index in [0.29, 0.717) is 11.9 Å². The molecule has 0 aliphatic heterocycles. The van der Waals surface area contributed by atoms with Gasteiger partial charge < -0.3 is 11.1 Å². The van der Waals surface area contributed by atoms with E-state index >= 15 is 0 Å². The quantitative estimate of drug-likeness (QED) is 0.845. The Hall–Kier alpha value is -0.900. The fraction of sp³-hybridized carbons (Fsp3) is 0.583. The Kier molecular flexibility index (Phi) is 3.93. The summed E-state index contributed by atoms with van der Waals surface area (Å²) >= 11 is 2.08. The Morgan fingerprint density at radius 1 is 1.56 bits per heavy atom. The first-order valence-corrected chi connectivity index (χ1v) is 6.92. The lowest BCUT2D eigenvalue weighted by Crippen LogP contribution is -2.16. The van der Waals surface area contributed by atoms with Gasteiger partial charge in [0.2, 0.25) is 0 Å². The zero-order chi connectivity index (χ0) is 11.4. The highest BCUT2D eigenvalue weighted by Gasteiger charge is 2.24. The Morgan fingerprint density at radius 2 is 2.44 bits per heavy atom. The van der Waals surface area contributed by atoms with E-state index in [2.05, 4.69) is 29.0 Å². The molecule has 2 rings (SSSR count). The molecule has 88 valence electrons. The molecule has 1 saturated carbocycles. The summed E-state index contributed by atoms with van der Waals surface area (Å²) in [6.45, 7) is 2.23. The van der Waals surface area contributed by atoms with Gasteiger partial charge in [-0.25, -0.2) is 4.98 Å². The molecule has 1 fully saturated rings. The predicted molar refractivity (Wildman–Crippen MR) is 71.8 cm³/mol. The minimum Gasteiger partial charge on any atom is -0.384 e. The van der Waals surface area contributed by atoms with Gasteiger partial charge in [0.25, 0.3) is 0 Å². The number of hydrogen-bond donors (Lipinski definition) is 2. The van der Waals surface area contributed by atoms with Crippen molar-refractivity contribution >= 4 is 23.3 Å². The molecule has 0 bridgehead atoms. The van der Waals surface area contributed by atoms with E-state index in [0.717, 1.165) is 10.9 Å². The molecule has 3 nitrogen and oxygen atoms in total. The molecule has 0 amide bonds. The molecule has 0 radical (unpaired) electrons. The van der Waals surface area contributed by atoms with Crippen molar-refractivity contribution in [2.45, 2.75) is 37.5 Å². The van der Waals surface area contributed by atoms with Crippen LogP contribution >= 0.6 is 11.8 Å². The fourth-order valence-electron chi connectivity index (χ4n) is 2.23. The first kappa shape index (κ1) is 11.6. The average molecular weight is 237 g/mol. The standard InChI is InChI=1S/C12H19N3S/c1-2-16-11-4-3-9(7-11)15-10-5-6-14-12(13)8-10/h5-6,8-9,11H,2-4,7H2,1H3,(H3,13,14,15). The smallest absolute Gasteiger partial charge is 0.125 e. The predicted octanol–water partition coefficient (Wildman–Crippen LogP) is 2.75. The van der Waals surface area contributed by atoms with Gasteiger partial charge in [0, 0.05) is 29.2 Å². The van der Waals surface area contributed by atoms with Gasteiger partial charge in [-0.1, -0.05) is 6.92 Å². The summed E-state index contributed by atoms with van der Waals surface area (Å²) in [5, 5.41) is 4.37. The molecule has 0 saturated heterocycles. The summed E-state index contributed by atoms with van der Waals surface area (Å²) in [5.74, 6) is 1.81. The first-order valence-electron chi connectivity index (χ1n) is 5.87. The Bertz CT molecular complexity index is 343. The van der Waals surface area contributed by atoms with E-state index in [-0.39, 0.29) is 0 Å². The molecule has 1 aromatic rings. The summed E-state index contributed by atoms with van der Waals surface area (Å²) in [6.07, 6.45) is 5.61. The van der Waals surface area contributed by atoms with Gasteiger partial charge in [0.15, 0.2) is 0 Å². The van der Waals surface area contributed by atoms with Crippen molar-refractivity contribution < 1.29 is 0 Å². The molecule has 1 heterocycles. The molecule has 4 heteroatoms. The number of pyridine rings is 1. The van der Waals surface area contributed by atoms with Crippen LogP contribution in [-0.4, -0.2) is 22.0 Å². The van der Waals surface area contributed by atoms with Gasteiger partial charge in [-0.15, -0.1) is 0 Å². The lowest BCUT2D eigenvalue weighted by molar-refractivity contribution is 0.757. The Balaban J connectivity index is 1.87. The maximum Gasteiger partial charge on any atom is 0.125 e. The van der Waals surface area contributed by atoms with Gasteiger partial charge in [-0.2, -0.15) is 11.8 Å². The number of hydrogen-bond acceptors (Lipinski definition) is 4. The number of thioether (sulfide) groups is 1. The number of nitrogens with zero attached hydrogens (tertiary/aromatic N) is 1. The SMILES string of the molecule is CCSC1CCC(Nc2ccnc(N)c2)C1. The zero-order valence-electron chi connectivity index (χ0n) is 9.65. The molecule has 3 N–H and O–H groups in total. The number of rotatable bonds is 4. The van der Waals surface area contributed by atoms with Crippen molar-refractivity contribution in [1.29, 1.82) is 0 Å². The van der Waals surface area contributed by atoms with E-state index < -0.39 is 0 Å². The second-order valence-electron chi connectivity index (χ2n) is 4.20. The maximum atomic E-state index is 5.65.